The van der Waals surface area contributed by atoms with Gasteiger partial charge in [0.15, 0.2) is 11.4 Å². The molecule has 1 aromatic carbocycles. The molecule has 0 saturated heterocycles. The second kappa shape index (κ2) is 12.5. The van der Waals surface area contributed by atoms with Crippen molar-refractivity contribution in [3.63, 3.8) is 0 Å². The number of alkyl carbamates (subject to hydrolysis) is 1. The lowest BCUT2D eigenvalue weighted by Gasteiger charge is -2.30. The van der Waals surface area contributed by atoms with Gasteiger partial charge in [0.1, 0.15) is 23.9 Å². The van der Waals surface area contributed by atoms with Crippen molar-refractivity contribution in [3.05, 3.63) is 64.6 Å². The molecule has 222 valence electrons. The lowest BCUT2D eigenvalue weighted by atomic mass is 9.96. The SMILES string of the molecule is CCCC(C)(CNC(=O)c1c(CC)nc2c(OCc3c(F)cccc3F)cc(C)cn12)NC(=O)OC(=O)C(F)(F)F. The molecule has 0 radical (unpaired) electrons. The van der Waals surface area contributed by atoms with Gasteiger partial charge in [-0.3, -0.25) is 9.20 Å². The maximum absolute atomic E-state index is 14.1. The summed E-state index contributed by atoms with van der Waals surface area (Å²) in [5, 5.41) is 4.88. The summed E-state index contributed by atoms with van der Waals surface area (Å²) in [7, 11) is 0. The van der Waals surface area contributed by atoms with Gasteiger partial charge in [-0.15, -0.1) is 0 Å². The highest BCUT2D eigenvalue weighted by atomic mass is 19.4. The summed E-state index contributed by atoms with van der Waals surface area (Å²) in [6.07, 6.45) is -4.32. The first-order valence-corrected chi connectivity index (χ1v) is 12.7. The van der Waals surface area contributed by atoms with E-state index >= 15 is 0 Å². The molecule has 1 unspecified atom stereocenters. The van der Waals surface area contributed by atoms with Crippen molar-refractivity contribution in [1.82, 2.24) is 20.0 Å². The fourth-order valence-corrected chi connectivity index (χ4v) is 4.22. The van der Waals surface area contributed by atoms with Gasteiger partial charge in [0.05, 0.1) is 16.8 Å². The minimum absolute atomic E-state index is 0.127. The third-order valence-electron chi connectivity index (χ3n) is 6.14. The first-order valence-electron chi connectivity index (χ1n) is 12.7. The van der Waals surface area contributed by atoms with E-state index < -0.39 is 47.9 Å². The number of carbonyl (C=O) groups is 3. The van der Waals surface area contributed by atoms with Crippen LogP contribution in [0.2, 0.25) is 0 Å². The number of benzene rings is 1. The van der Waals surface area contributed by atoms with Gasteiger partial charge in [-0.05, 0) is 50.5 Å². The van der Waals surface area contributed by atoms with Crippen molar-refractivity contribution in [2.75, 3.05) is 6.54 Å². The largest absolute Gasteiger partial charge is 0.491 e. The standard InChI is InChI=1S/C27H29F5N4O5/c1-5-10-26(4,35-25(39)41-24(38)27(30,31)32)14-33-23(37)21-19(6-2)34-22-20(11-15(3)12-36(21)22)40-13-16-17(28)8-7-9-18(16)29/h7-9,11-12H,5-6,10,13-14H2,1-4H3,(H,33,37)(H,35,39). The highest BCUT2D eigenvalue weighted by molar-refractivity contribution is 5.95. The predicted molar refractivity (Wildman–Crippen MR) is 136 cm³/mol. The molecule has 2 N–H and O–H groups in total. The van der Waals surface area contributed by atoms with E-state index in [1.165, 1.54) is 17.4 Å². The first kappa shape index (κ1) is 31.3. The monoisotopic (exact) mass is 584 g/mol. The third kappa shape index (κ3) is 7.50. The van der Waals surface area contributed by atoms with E-state index in [1.54, 1.807) is 33.0 Å². The van der Waals surface area contributed by atoms with Crippen LogP contribution >= 0.6 is 0 Å². The van der Waals surface area contributed by atoms with E-state index in [4.69, 9.17) is 4.74 Å². The summed E-state index contributed by atoms with van der Waals surface area (Å²) in [4.78, 5) is 40.9. The van der Waals surface area contributed by atoms with Gasteiger partial charge in [-0.25, -0.2) is 23.4 Å². The maximum Gasteiger partial charge on any atom is 0.491 e. The van der Waals surface area contributed by atoms with Crippen LogP contribution in [0.4, 0.5) is 26.7 Å². The molecule has 0 aliphatic carbocycles. The van der Waals surface area contributed by atoms with Gasteiger partial charge in [0.25, 0.3) is 5.91 Å². The zero-order valence-electron chi connectivity index (χ0n) is 22.7. The Labute approximate surface area is 232 Å². The molecule has 9 nitrogen and oxygen atoms in total. The first-order chi connectivity index (χ1) is 19.2. The van der Waals surface area contributed by atoms with Crippen LogP contribution in [0.1, 0.15) is 60.9 Å². The molecular weight excluding hydrogens is 555 g/mol. The van der Waals surface area contributed by atoms with Crippen molar-refractivity contribution in [3.8, 4) is 5.75 Å². The smallest absolute Gasteiger partial charge is 0.485 e. The highest BCUT2D eigenvalue weighted by Gasteiger charge is 2.43. The number of fused-ring (bicyclic) bond motifs is 1. The molecule has 3 rings (SSSR count). The fourth-order valence-electron chi connectivity index (χ4n) is 4.22. The Bertz CT molecular complexity index is 1440. The quantitative estimate of drug-likeness (QED) is 0.193. The number of alkyl halides is 3. The normalized spacial score (nSPS) is 13.0. The summed E-state index contributed by atoms with van der Waals surface area (Å²) in [6.45, 7) is 6.05. The molecule has 2 aromatic heterocycles. The zero-order valence-corrected chi connectivity index (χ0v) is 22.7. The zero-order chi connectivity index (χ0) is 30.5. The number of aryl methyl sites for hydroxylation is 2. The van der Waals surface area contributed by atoms with Gasteiger partial charge in [-0.1, -0.05) is 26.3 Å². The van der Waals surface area contributed by atoms with Crippen molar-refractivity contribution < 1.29 is 45.8 Å². The van der Waals surface area contributed by atoms with Gasteiger partial charge in [0.2, 0.25) is 0 Å². The molecule has 0 bridgehead atoms. The second-order valence-electron chi connectivity index (χ2n) is 9.62. The molecule has 0 fully saturated rings. The number of ether oxygens (including phenoxy) is 2. The van der Waals surface area contributed by atoms with Crippen LogP contribution in [0.25, 0.3) is 5.65 Å². The van der Waals surface area contributed by atoms with Crippen molar-refractivity contribution in [2.24, 2.45) is 0 Å². The number of nitrogens with one attached hydrogen (secondary N) is 2. The predicted octanol–water partition coefficient (Wildman–Crippen LogP) is 5.17. The summed E-state index contributed by atoms with van der Waals surface area (Å²) < 4.78 is 76.6. The topological polar surface area (TPSA) is 111 Å². The lowest BCUT2D eigenvalue weighted by molar-refractivity contribution is -0.193. The minimum Gasteiger partial charge on any atom is -0.485 e. The van der Waals surface area contributed by atoms with Gasteiger partial charge in [0, 0.05) is 12.7 Å². The Morgan fingerprint density at radius 3 is 2.34 bits per heavy atom. The van der Waals surface area contributed by atoms with Crippen LogP contribution in [0.5, 0.6) is 5.75 Å². The molecule has 3 aromatic rings. The molecule has 0 saturated carbocycles. The maximum atomic E-state index is 14.1. The second-order valence-corrected chi connectivity index (χ2v) is 9.62. The molecule has 14 heteroatoms. The number of rotatable bonds is 10. The minimum atomic E-state index is -5.35. The number of hydrogen-bond acceptors (Lipinski definition) is 6. The molecule has 0 aliphatic heterocycles. The number of imidazole rings is 1. The average molecular weight is 585 g/mol. The lowest BCUT2D eigenvalue weighted by Crippen LogP contribution is -2.54. The number of esters is 1. The summed E-state index contributed by atoms with van der Waals surface area (Å²) in [5.74, 6) is -4.66. The van der Waals surface area contributed by atoms with Crippen molar-refractivity contribution >= 4 is 23.6 Å². The van der Waals surface area contributed by atoms with Crippen LogP contribution in [0, 0.1) is 18.6 Å². The Hall–Kier alpha value is -4.23. The number of pyridine rings is 1. The van der Waals surface area contributed by atoms with Crippen molar-refractivity contribution in [1.29, 1.82) is 0 Å². The molecule has 2 heterocycles. The summed E-state index contributed by atoms with van der Waals surface area (Å²) in [6, 6.07) is 5.06. The van der Waals surface area contributed by atoms with E-state index in [0.717, 1.165) is 12.1 Å². The average Bonchev–Trinajstić information content (AvgIpc) is 3.25. The van der Waals surface area contributed by atoms with E-state index in [2.05, 4.69) is 20.4 Å². The van der Waals surface area contributed by atoms with E-state index in [9.17, 15) is 36.3 Å². The van der Waals surface area contributed by atoms with E-state index in [1.807, 2.05) is 0 Å². The number of aromatic nitrogens is 2. The Morgan fingerprint density at radius 2 is 1.76 bits per heavy atom. The summed E-state index contributed by atoms with van der Waals surface area (Å²) >= 11 is 0. The molecule has 0 spiro atoms. The van der Waals surface area contributed by atoms with Crippen LogP contribution in [0.15, 0.2) is 30.5 Å². The van der Waals surface area contributed by atoms with Crippen LogP contribution in [-0.2, 0) is 22.6 Å². The number of carbonyl (C=O) groups excluding carboxylic acids is 3. The molecule has 0 aliphatic rings. The number of nitrogens with zero attached hydrogens (tertiary/aromatic N) is 2. The molecule has 41 heavy (non-hydrogen) atoms. The van der Waals surface area contributed by atoms with Gasteiger partial charge >= 0.3 is 18.2 Å². The number of hydrogen-bond donors (Lipinski definition) is 2. The van der Waals surface area contributed by atoms with E-state index in [-0.39, 0.29) is 35.6 Å². The van der Waals surface area contributed by atoms with Gasteiger partial charge < -0.3 is 20.1 Å². The van der Waals surface area contributed by atoms with E-state index in [0.29, 0.717) is 24.1 Å². The van der Waals surface area contributed by atoms with Crippen LogP contribution in [-0.4, -0.2) is 45.6 Å². The molecule has 1 atom stereocenters. The van der Waals surface area contributed by atoms with Crippen LogP contribution < -0.4 is 15.4 Å². The Balaban J connectivity index is 1.85. The highest BCUT2D eigenvalue weighted by Crippen LogP contribution is 2.27. The fraction of sp³-hybridized carbons (Fsp3) is 0.407. The third-order valence-corrected chi connectivity index (χ3v) is 6.14. The van der Waals surface area contributed by atoms with Crippen LogP contribution in [0.3, 0.4) is 0 Å². The van der Waals surface area contributed by atoms with Gasteiger partial charge in [-0.2, -0.15) is 13.2 Å². The summed E-state index contributed by atoms with van der Waals surface area (Å²) in [5.41, 5.74) is -0.181. The molecular formula is C27H29F5N4O5. The Kier molecular flexibility index (Phi) is 9.56. The Morgan fingerprint density at radius 1 is 1.10 bits per heavy atom. The number of amides is 2. The van der Waals surface area contributed by atoms with Crippen molar-refractivity contribution in [2.45, 2.75) is 65.3 Å². The molecule has 2 amide bonds. The number of halogens is 5.